The zero-order chi connectivity index (χ0) is 18.5. The Hall–Kier alpha value is -3.30. The number of nitrogens with one attached hydrogen (secondary N) is 2. The van der Waals surface area contributed by atoms with Crippen molar-refractivity contribution in [3.05, 3.63) is 47.5 Å². The molecule has 26 heavy (non-hydrogen) atoms. The molecule has 1 atom stereocenters. The highest BCUT2D eigenvalue weighted by atomic mass is 19.4. The van der Waals surface area contributed by atoms with Crippen LogP contribution in [0.3, 0.4) is 0 Å². The fourth-order valence-corrected chi connectivity index (χ4v) is 2.50. The Morgan fingerprint density at radius 3 is 2.62 bits per heavy atom. The molecule has 6 nitrogen and oxygen atoms in total. The highest BCUT2D eigenvalue weighted by molar-refractivity contribution is 6.04. The third kappa shape index (κ3) is 2.89. The van der Waals surface area contributed by atoms with Crippen molar-refractivity contribution in [2.75, 3.05) is 5.32 Å². The number of hydrogen-bond donors (Lipinski definition) is 2. The summed E-state index contributed by atoms with van der Waals surface area (Å²) in [7, 11) is 0. The first-order valence-electron chi connectivity index (χ1n) is 7.29. The summed E-state index contributed by atoms with van der Waals surface area (Å²) in [5.41, 5.74) is -0.308. The number of fused-ring (bicyclic) bond motifs is 2. The molecule has 2 N–H and O–H groups in total. The molecule has 1 unspecified atom stereocenters. The number of imidazole rings is 1. The molecule has 1 amide bonds. The average Bonchev–Trinajstić information content (AvgIpc) is 3.12. The number of halogens is 4. The lowest BCUT2D eigenvalue weighted by atomic mass is 10.1. The van der Waals surface area contributed by atoms with Gasteiger partial charge in [-0.15, -0.1) is 0 Å². The van der Waals surface area contributed by atoms with E-state index in [2.05, 4.69) is 15.3 Å². The number of aromatic nitrogens is 2. The Morgan fingerprint density at radius 2 is 1.88 bits per heavy atom. The smallest absolute Gasteiger partial charge is 0.416 e. The molecular formula is C16H9F4N3O3. The number of benzene rings is 2. The van der Waals surface area contributed by atoms with E-state index in [1.54, 1.807) is 0 Å². The first kappa shape index (κ1) is 16.2. The van der Waals surface area contributed by atoms with Gasteiger partial charge in [-0.05, 0) is 18.2 Å². The standard InChI is InChI=1S/C16H9F4N3O3/c17-14-25-11-5-9-10(6-12(11)26-14)22-15(21-9)23-13(24)7-2-1-3-8(4-7)16(18,19)20/h1-6,14H,(H2,21,22,23,24). The van der Waals surface area contributed by atoms with Gasteiger partial charge in [0.2, 0.25) is 5.95 Å². The summed E-state index contributed by atoms with van der Waals surface area (Å²) in [5, 5.41) is 2.38. The van der Waals surface area contributed by atoms with Crippen molar-refractivity contribution in [2.45, 2.75) is 12.7 Å². The minimum Gasteiger partial charge on any atom is -0.425 e. The molecule has 0 saturated heterocycles. The molecule has 1 aliphatic heterocycles. The monoisotopic (exact) mass is 367 g/mol. The Balaban J connectivity index is 1.59. The van der Waals surface area contributed by atoms with Gasteiger partial charge in [0, 0.05) is 17.7 Å². The lowest BCUT2D eigenvalue weighted by molar-refractivity contribution is -0.137. The second-order valence-corrected chi connectivity index (χ2v) is 5.44. The highest BCUT2D eigenvalue weighted by Gasteiger charge is 2.31. The number of alkyl halides is 4. The van der Waals surface area contributed by atoms with E-state index in [0.29, 0.717) is 11.0 Å². The number of amides is 1. The second kappa shape index (κ2) is 5.61. The number of carbonyl (C=O) groups excluding carboxylic acids is 1. The van der Waals surface area contributed by atoms with E-state index in [-0.39, 0.29) is 23.0 Å². The van der Waals surface area contributed by atoms with Gasteiger partial charge in [-0.1, -0.05) is 6.07 Å². The lowest BCUT2D eigenvalue weighted by Gasteiger charge is -2.08. The highest BCUT2D eigenvalue weighted by Crippen LogP contribution is 2.38. The van der Waals surface area contributed by atoms with Crippen molar-refractivity contribution in [2.24, 2.45) is 0 Å². The van der Waals surface area contributed by atoms with Crippen molar-refractivity contribution in [3.63, 3.8) is 0 Å². The molecule has 134 valence electrons. The quantitative estimate of drug-likeness (QED) is 0.675. The molecule has 3 aromatic rings. The van der Waals surface area contributed by atoms with Crippen LogP contribution in [0.4, 0.5) is 23.5 Å². The molecule has 0 bridgehead atoms. The zero-order valence-electron chi connectivity index (χ0n) is 12.7. The molecule has 0 saturated carbocycles. The normalized spacial score (nSPS) is 14.0. The van der Waals surface area contributed by atoms with E-state index in [9.17, 15) is 22.4 Å². The number of nitrogens with zero attached hydrogens (tertiary/aromatic N) is 1. The van der Waals surface area contributed by atoms with Gasteiger partial charge in [0.1, 0.15) is 0 Å². The fraction of sp³-hybridized carbons (Fsp3) is 0.125. The second-order valence-electron chi connectivity index (χ2n) is 5.44. The number of carbonyl (C=O) groups is 1. The molecule has 0 aliphatic carbocycles. The molecule has 0 radical (unpaired) electrons. The molecule has 0 spiro atoms. The molecule has 4 rings (SSSR count). The predicted molar refractivity (Wildman–Crippen MR) is 81.6 cm³/mol. The van der Waals surface area contributed by atoms with E-state index in [0.717, 1.165) is 18.2 Å². The topological polar surface area (TPSA) is 76.2 Å². The Kier molecular flexibility index (Phi) is 3.49. The predicted octanol–water partition coefficient (Wildman–Crippen LogP) is 3.86. The van der Waals surface area contributed by atoms with Crippen LogP contribution in [0.5, 0.6) is 11.5 Å². The summed E-state index contributed by atoms with van der Waals surface area (Å²) in [4.78, 5) is 19.0. The number of aromatic amines is 1. The van der Waals surface area contributed by atoms with Crippen LogP contribution in [0.25, 0.3) is 11.0 Å². The molecule has 2 heterocycles. The summed E-state index contributed by atoms with van der Waals surface area (Å²) in [6.07, 6.45) is -4.55. The molecule has 0 fully saturated rings. The maximum absolute atomic E-state index is 13.0. The Labute approximate surface area is 142 Å². The third-order valence-corrected chi connectivity index (χ3v) is 3.67. The number of H-pyrrole nitrogens is 1. The molecular weight excluding hydrogens is 358 g/mol. The third-order valence-electron chi connectivity index (χ3n) is 3.67. The van der Waals surface area contributed by atoms with E-state index < -0.39 is 24.2 Å². The molecule has 1 aromatic heterocycles. The number of hydrogen-bond acceptors (Lipinski definition) is 4. The van der Waals surface area contributed by atoms with Gasteiger partial charge in [-0.2, -0.15) is 17.6 Å². The van der Waals surface area contributed by atoms with Gasteiger partial charge in [-0.25, -0.2) is 4.98 Å². The van der Waals surface area contributed by atoms with Crippen LogP contribution in [-0.4, -0.2) is 22.4 Å². The Morgan fingerprint density at radius 1 is 1.15 bits per heavy atom. The summed E-state index contributed by atoms with van der Waals surface area (Å²) < 4.78 is 60.8. The molecule has 10 heteroatoms. The summed E-state index contributed by atoms with van der Waals surface area (Å²) in [6.45, 7) is -1.89. The molecule has 2 aromatic carbocycles. The van der Waals surface area contributed by atoms with Gasteiger partial charge >= 0.3 is 12.7 Å². The number of ether oxygens (including phenoxy) is 2. The van der Waals surface area contributed by atoms with Gasteiger partial charge in [0.15, 0.2) is 11.5 Å². The van der Waals surface area contributed by atoms with Gasteiger partial charge < -0.3 is 14.5 Å². The van der Waals surface area contributed by atoms with Crippen LogP contribution in [0, 0.1) is 0 Å². The van der Waals surface area contributed by atoms with Crippen LogP contribution >= 0.6 is 0 Å². The zero-order valence-corrected chi connectivity index (χ0v) is 12.7. The van der Waals surface area contributed by atoms with Crippen LogP contribution in [0.15, 0.2) is 36.4 Å². The van der Waals surface area contributed by atoms with Crippen molar-refractivity contribution in [1.82, 2.24) is 9.97 Å². The SMILES string of the molecule is O=C(Nc1nc2cc3c(cc2[nH]1)OC(F)O3)c1cccc(C(F)(F)F)c1. The van der Waals surface area contributed by atoms with Crippen molar-refractivity contribution in [1.29, 1.82) is 0 Å². The average molecular weight is 367 g/mol. The fourth-order valence-electron chi connectivity index (χ4n) is 2.50. The van der Waals surface area contributed by atoms with Crippen molar-refractivity contribution < 1.29 is 31.8 Å². The lowest BCUT2D eigenvalue weighted by Crippen LogP contribution is -2.14. The number of anilines is 1. The maximum Gasteiger partial charge on any atom is 0.416 e. The van der Waals surface area contributed by atoms with E-state index in [4.69, 9.17) is 9.47 Å². The minimum atomic E-state index is -4.55. The van der Waals surface area contributed by atoms with Crippen LogP contribution in [0.2, 0.25) is 0 Å². The largest absolute Gasteiger partial charge is 0.425 e. The Bertz CT molecular complexity index is 973. The summed E-state index contributed by atoms with van der Waals surface area (Å²) >= 11 is 0. The summed E-state index contributed by atoms with van der Waals surface area (Å²) in [6, 6.07) is 6.87. The van der Waals surface area contributed by atoms with E-state index in [1.165, 1.54) is 18.2 Å². The van der Waals surface area contributed by atoms with E-state index >= 15 is 0 Å². The van der Waals surface area contributed by atoms with Crippen molar-refractivity contribution >= 4 is 22.9 Å². The number of rotatable bonds is 2. The van der Waals surface area contributed by atoms with Crippen LogP contribution in [0.1, 0.15) is 15.9 Å². The van der Waals surface area contributed by atoms with Gasteiger partial charge in [-0.3, -0.25) is 10.1 Å². The van der Waals surface area contributed by atoms with Gasteiger partial charge in [0.05, 0.1) is 16.6 Å². The van der Waals surface area contributed by atoms with Crippen LogP contribution < -0.4 is 14.8 Å². The maximum atomic E-state index is 13.0. The molecule has 1 aliphatic rings. The van der Waals surface area contributed by atoms with Crippen molar-refractivity contribution in [3.8, 4) is 11.5 Å². The minimum absolute atomic E-state index is 0.0166. The summed E-state index contributed by atoms with van der Waals surface area (Å²) in [5.74, 6) is -0.418. The van der Waals surface area contributed by atoms with Crippen LogP contribution in [-0.2, 0) is 6.18 Å². The van der Waals surface area contributed by atoms with Gasteiger partial charge in [0.25, 0.3) is 5.91 Å². The first-order valence-corrected chi connectivity index (χ1v) is 7.29. The van der Waals surface area contributed by atoms with E-state index in [1.807, 2.05) is 0 Å². The first-order chi connectivity index (χ1) is 12.3.